The summed E-state index contributed by atoms with van der Waals surface area (Å²) >= 11 is 5.74. The van der Waals surface area contributed by atoms with Crippen molar-refractivity contribution < 1.29 is 23.4 Å². The number of benzene rings is 1. The van der Waals surface area contributed by atoms with Gasteiger partial charge in [0.25, 0.3) is 0 Å². The largest absolute Gasteiger partial charge is 0.491 e. The van der Waals surface area contributed by atoms with Gasteiger partial charge in [-0.3, -0.25) is 4.79 Å². The van der Waals surface area contributed by atoms with Gasteiger partial charge in [0.15, 0.2) is 17.4 Å². The normalized spacial score (nSPS) is 17.8. The first-order valence-electron chi connectivity index (χ1n) is 6.39. The van der Waals surface area contributed by atoms with Crippen LogP contribution in [0.5, 0.6) is 5.75 Å². The van der Waals surface area contributed by atoms with Crippen LogP contribution >= 0.6 is 11.6 Å². The molecule has 1 aliphatic carbocycles. The van der Waals surface area contributed by atoms with Crippen molar-refractivity contribution >= 4 is 17.6 Å². The maximum atomic E-state index is 14.4. The van der Waals surface area contributed by atoms with Gasteiger partial charge in [-0.25, -0.2) is 8.78 Å². The summed E-state index contributed by atoms with van der Waals surface area (Å²) in [6, 6.07) is 1.08. The Morgan fingerprint density at radius 3 is 2.40 bits per heavy atom. The molecule has 1 N–H and O–H groups in total. The van der Waals surface area contributed by atoms with Crippen molar-refractivity contribution in [3.05, 3.63) is 28.3 Å². The summed E-state index contributed by atoms with van der Waals surface area (Å²) in [5.41, 5.74) is -1.44. The van der Waals surface area contributed by atoms with E-state index in [1.807, 2.05) is 0 Å². The molecule has 2 rings (SSSR count). The van der Waals surface area contributed by atoms with Gasteiger partial charge in [0, 0.05) is 5.56 Å². The topological polar surface area (TPSA) is 46.5 Å². The molecule has 20 heavy (non-hydrogen) atoms. The quantitative estimate of drug-likeness (QED) is 0.861. The lowest BCUT2D eigenvalue weighted by molar-refractivity contribution is -0.145. The summed E-state index contributed by atoms with van der Waals surface area (Å²) in [5, 5.41) is 9.22. The molecule has 3 nitrogen and oxygen atoms in total. The van der Waals surface area contributed by atoms with E-state index in [0.29, 0.717) is 25.7 Å². The Labute approximate surface area is 120 Å². The molecule has 110 valence electrons. The fraction of sp³-hybridized carbons (Fsp3) is 0.500. The van der Waals surface area contributed by atoms with Gasteiger partial charge < -0.3 is 9.84 Å². The van der Waals surface area contributed by atoms with Crippen LogP contribution in [-0.4, -0.2) is 18.2 Å². The molecule has 6 heteroatoms. The highest BCUT2D eigenvalue weighted by Gasteiger charge is 2.44. The van der Waals surface area contributed by atoms with Crippen molar-refractivity contribution in [3.8, 4) is 5.75 Å². The van der Waals surface area contributed by atoms with E-state index in [2.05, 4.69) is 4.74 Å². The fourth-order valence-electron chi connectivity index (χ4n) is 2.86. The zero-order valence-electron chi connectivity index (χ0n) is 11.0. The molecule has 0 atom stereocenters. The number of aliphatic carboxylic acids is 1. The van der Waals surface area contributed by atoms with E-state index in [1.54, 1.807) is 0 Å². The minimum absolute atomic E-state index is 0.0899. The molecule has 0 saturated heterocycles. The zero-order valence-corrected chi connectivity index (χ0v) is 11.8. The average molecular weight is 305 g/mol. The highest BCUT2D eigenvalue weighted by molar-refractivity contribution is 6.31. The van der Waals surface area contributed by atoms with Crippen LogP contribution in [0.15, 0.2) is 6.07 Å². The molecule has 0 bridgehead atoms. The molecule has 0 radical (unpaired) electrons. The molecular formula is C14H15ClF2O3. The van der Waals surface area contributed by atoms with Gasteiger partial charge in [0.05, 0.1) is 17.5 Å². The van der Waals surface area contributed by atoms with E-state index in [-0.39, 0.29) is 10.6 Å². The van der Waals surface area contributed by atoms with E-state index < -0.39 is 28.8 Å². The molecule has 1 fully saturated rings. The lowest BCUT2D eigenvalue weighted by Gasteiger charge is -2.34. The predicted molar refractivity (Wildman–Crippen MR) is 70.3 cm³/mol. The second kappa shape index (κ2) is 5.56. The molecule has 0 heterocycles. The number of halogens is 3. The van der Waals surface area contributed by atoms with Crippen molar-refractivity contribution in [3.63, 3.8) is 0 Å². The number of hydrogen-bond acceptors (Lipinski definition) is 2. The van der Waals surface area contributed by atoms with Gasteiger partial charge in [-0.05, 0) is 18.9 Å². The third-order valence-electron chi connectivity index (χ3n) is 3.95. The first kappa shape index (κ1) is 15.0. The first-order chi connectivity index (χ1) is 9.44. The van der Waals surface area contributed by atoms with E-state index in [0.717, 1.165) is 19.6 Å². The molecule has 0 spiro atoms. The van der Waals surface area contributed by atoms with E-state index in [9.17, 15) is 18.7 Å². The van der Waals surface area contributed by atoms with Gasteiger partial charge in [-0.2, -0.15) is 0 Å². The van der Waals surface area contributed by atoms with E-state index in [4.69, 9.17) is 11.6 Å². The van der Waals surface area contributed by atoms with Crippen molar-refractivity contribution in [2.24, 2.45) is 0 Å². The molecular weight excluding hydrogens is 290 g/mol. The smallest absolute Gasteiger partial charge is 0.314 e. The Morgan fingerprint density at radius 2 is 1.90 bits per heavy atom. The lowest BCUT2D eigenvalue weighted by Crippen LogP contribution is -2.38. The van der Waals surface area contributed by atoms with Crippen LogP contribution in [0.2, 0.25) is 5.02 Å². The fourth-order valence-corrected chi connectivity index (χ4v) is 3.06. The van der Waals surface area contributed by atoms with Crippen LogP contribution in [0.4, 0.5) is 8.78 Å². The third-order valence-corrected chi connectivity index (χ3v) is 4.23. The molecule has 0 aliphatic heterocycles. The minimum atomic E-state index is -1.35. The van der Waals surface area contributed by atoms with E-state index >= 15 is 0 Å². The van der Waals surface area contributed by atoms with E-state index in [1.165, 1.54) is 0 Å². The number of carbonyl (C=O) groups is 1. The Morgan fingerprint density at radius 1 is 1.30 bits per heavy atom. The van der Waals surface area contributed by atoms with Crippen molar-refractivity contribution in [2.75, 3.05) is 7.11 Å². The number of methoxy groups -OCH3 is 1. The summed E-state index contributed by atoms with van der Waals surface area (Å²) in [6.07, 6.45) is 2.89. The van der Waals surface area contributed by atoms with Gasteiger partial charge in [0.2, 0.25) is 0 Å². The highest BCUT2D eigenvalue weighted by atomic mass is 35.5. The Bertz CT molecular complexity index is 540. The first-order valence-corrected chi connectivity index (χ1v) is 6.77. The summed E-state index contributed by atoms with van der Waals surface area (Å²) < 4.78 is 32.8. The number of ether oxygens (including phenoxy) is 1. The molecule has 1 saturated carbocycles. The maximum absolute atomic E-state index is 14.4. The number of hydrogen-bond donors (Lipinski definition) is 1. The molecule has 0 unspecified atom stereocenters. The summed E-state index contributed by atoms with van der Waals surface area (Å²) in [5.74, 6) is -3.72. The van der Waals surface area contributed by atoms with Gasteiger partial charge in [-0.1, -0.05) is 30.9 Å². The van der Waals surface area contributed by atoms with Crippen molar-refractivity contribution in [2.45, 2.75) is 37.5 Å². The molecule has 0 aromatic heterocycles. The van der Waals surface area contributed by atoms with Crippen LogP contribution in [0.1, 0.15) is 37.7 Å². The summed E-state index contributed by atoms with van der Waals surface area (Å²) in [6.45, 7) is 0. The monoisotopic (exact) mass is 304 g/mol. The lowest BCUT2D eigenvalue weighted by atomic mass is 9.69. The van der Waals surface area contributed by atoms with Gasteiger partial charge >= 0.3 is 5.97 Å². The average Bonchev–Trinajstić information content (AvgIpc) is 2.44. The number of rotatable bonds is 3. The van der Waals surface area contributed by atoms with Crippen molar-refractivity contribution in [1.29, 1.82) is 0 Å². The van der Waals surface area contributed by atoms with Crippen LogP contribution in [0.25, 0.3) is 0 Å². The van der Waals surface area contributed by atoms with Crippen LogP contribution < -0.4 is 4.74 Å². The van der Waals surface area contributed by atoms with Gasteiger partial charge in [-0.15, -0.1) is 0 Å². The number of carboxylic acids is 1. The molecule has 1 aromatic carbocycles. The summed E-state index contributed by atoms with van der Waals surface area (Å²) in [4.78, 5) is 11.7. The Balaban J connectivity index is 2.66. The molecule has 0 amide bonds. The zero-order chi connectivity index (χ0) is 14.9. The highest BCUT2D eigenvalue weighted by Crippen LogP contribution is 2.44. The predicted octanol–water partition coefficient (Wildman–Crippen LogP) is 3.91. The van der Waals surface area contributed by atoms with Gasteiger partial charge in [0.1, 0.15) is 0 Å². The van der Waals surface area contributed by atoms with Crippen LogP contribution in [-0.2, 0) is 10.2 Å². The Kier molecular flexibility index (Phi) is 4.18. The second-order valence-electron chi connectivity index (χ2n) is 5.02. The second-order valence-corrected chi connectivity index (χ2v) is 5.42. The summed E-state index contributed by atoms with van der Waals surface area (Å²) in [7, 11) is 1.12. The molecule has 1 aromatic rings. The third kappa shape index (κ3) is 2.24. The molecule has 1 aliphatic rings. The van der Waals surface area contributed by atoms with Crippen molar-refractivity contribution in [1.82, 2.24) is 0 Å². The number of carboxylic acid groups (broad SMARTS) is 1. The van der Waals surface area contributed by atoms with Crippen LogP contribution in [0, 0.1) is 11.6 Å². The maximum Gasteiger partial charge on any atom is 0.314 e. The minimum Gasteiger partial charge on any atom is -0.491 e. The Hall–Kier alpha value is -1.36. The SMILES string of the molecule is COc1c(F)c(Cl)cc(C2(C(=O)O)CCCCC2)c1F. The standard InChI is InChI=1S/C14H15ClF2O3/c1-20-12-10(16)8(7-9(15)11(12)17)14(13(18)19)5-3-2-4-6-14/h7H,2-6H2,1H3,(H,18,19). The van der Waals surface area contributed by atoms with Crippen LogP contribution in [0.3, 0.4) is 0 Å².